The molecule has 7 aromatic heterocycles. The SMILES string of the molecule is CB1C=c2oc3ccccc3c2=C(C)N1c1cc(C)c(-c2ccccc2)c[n+]1C.[2H]C([2H])([2H])c1c[n+](C)c(N2B(C)C=c3c(oc4ncccc34)=C2C)cc1-c1ccccc1.[2H]C([2H])([2H])c1c[n+](C)c(N2B(C)C=c3oc4ccccc4c3=C2C)cc1-c1ccccc1. The number of hydrogen-bond donors (Lipinski definition) is 0. The summed E-state index contributed by atoms with van der Waals surface area (Å²) in [6.07, 6.45) is 7.44. The molecule has 3 aliphatic rings. The monoisotopic (exact) mass is 1140 g/mol. The van der Waals surface area contributed by atoms with E-state index in [0.29, 0.717) is 22.4 Å². The minimum atomic E-state index is -2.22. The first-order valence-electron chi connectivity index (χ1n) is 32.6. The second kappa shape index (κ2) is 22.9. The van der Waals surface area contributed by atoms with Crippen LogP contribution in [0, 0.1) is 20.6 Å². The van der Waals surface area contributed by atoms with E-state index in [4.69, 9.17) is 21.5 Å². The van der Waals surface area contributed by atoms with E-state index in [0.717, 1.165) is 88.3 Å². The lowest BCUT2D eigenvalue weighted by Gasteiger charge is -2.24. The summed E-state index contributed by atoms with van der Waals surface area (Å²) in [6, 6.07) is 56.5. The quantitative estimate of drug-likeness (QED) is 0.121. The average molecular weight is 1140 g/mol. The molecule has 10 heterocycles. The smallest absolute Gasteiger partial charge is 0.405 e. The number of nitrogens with zero attached hydrogens (tertiary/aromatic N) is 7. The van der Waals surface area contributed by atoms with Crippen LogP contribution in [0.15, 0.2) is 208 Å². The van der Waals surface area contributed by atoms with Gasteiger partial charge >= 0.3 is 20.5 Å². The summed E-state index contributed by atoms with van der Waals surface area (Å²) in [5, 5.41) is 6.59. The van der Waals surface area contributed by atoms with E-state index in [2.05, 4.69) is 151 Å². The molecule has 426 valence electrons. The van der Waals surface area contributed by atoms with E-state index in [-0.39, 0.29) is 20.5 Å². The van der Waals surface area contributed by atoms with Gasteiger partial charge in [0, 0.05) is 59.6 Å². The Labute approximate surface area is 517 Å². The Hall–Kier alpha value is -9.87. The van der Waals surface area contributed by atoms with Crippen LogP contribution in [0.3, 0.4) is 0 Å². The number of aryl methyl sites for hydroxylation is 6. The van der Waals surface area contributed by atoms with Crippen LogP contribution in [0.2, 0.25) is 20.5 Å². The molecule has 3 aliphatic heterocycles. The maximum atomic E-state index is 8.10. The van der Waals surface area contributed by atoms with Crippen molar-refractivity contribution >= 4 is 106 Å². The third kappa shape index (κ3) is 10.1. The number of fused-ring (bicyclic) bond motifs is 9. The molecule has 12 aromatic rings. The second-order valence-electron chi connectivity index (χ2n) is 23.0. The van der Waals surface area contributed by atoms with Crippen molar-refractivity contribution < 1.29 is 35.2 Å². The van der Waals surface area contributed by atoms with Crippen molar-refractivity contribution in [3.05, 3.63) is 243 Å². The number of anilines is 3. The average Bonchev–Trinajstić information content (AvgIpc) is 1.73. The number of rotatable bonds is 6. The van der Waals surface area contributed by atoms with Crippen LogP contribution in [0.4, 0.5) is 17.5 Å². The fourth-order valence-corrected chi connectivity index (χ4v) is 13.2. The maximum absolute atomic E-state index is 8.10. The summed E-state index contributed by atoms with van der Waals surface area (Å²) in [5.74, 6) is 9.52. The van der Waals surface area contributed by atoms with Crippen LogP contribution < -0.4 is 60.0 Å². The summed E-state index contributed by atoms with van der Waals surface area (Å²) in [4.78, 5) is 11.2. The standard InChI is InChI=1S/2C25H24BN2O.C24H23BN3O/c1-17-16-27(4)24(14-21(17)19-10-6-5-7-11-19)28-18(2)25-20-12-8-9-13-22(20)29-23(25)15-26(28)3;1-17-14-24(27(4)16-21(17)19-10-6-5-7-11-19)28-18(2)25-20-12-8-9-13-22(20)29-23(25)15-26(28)3;1-16-15-27(4)22(13-20(16)18-9-6-5-7-10-18)28-17(2)23-21(14-25(28)3)19-11-8-12-26-24(19)29-23/h2*5-16H,1-4H3;5-15H,1-4H3/q3*+1/i1D3;;1D3. The fraction of sp³-hybridized carbons (Fsp3) is 0.162. The predicted octanol–water partition coefficient (Wildman–Crippen LogP) is 10.9. The minimum absolute atomic E-state index is 0.0384. The molecule has 15 rings (SSSR count). The third-order valence-corrected chi connectivity index (χ3v) is 17.2. The van der Waals surface area contributed by atoms with Gasteiger partial charge in [-0.05, 0) is 143 Å². The van der Waals surface area contributed by atoms with E-state index >= 15 is 0 Å². The number of hydrogen-bond acceptors (Lipinski definition) is 7. The van der Waals surface area contributed by atoms with Crippen molar-refractivity contribution in [1.82, 2.24) is 4.98 Å². The van der Waals surface area contributed by atoms with Gasteiger partial charge in [0.2, 0.25) is 5.71 Å². The van der Waals surface area contributed by atoms with E-state index in [1.807, 2.05) is 145 Å². The van der Waals surface area contributed by atoms with Gasteiger partial charge in [-0.2, -0.15) is 0 Å². The Bertz CT molecular complexity index is 5320. The zero-order chi connectivity index (χ0) is 65.4. The highest BCUT2D eigenvalue weighted by molar-refractivity contribution is 6.78. The lowest BCUT2D eigenvalue weighted by atomic mass is 9.60. The summed E-state index contributed by atoms with van der Waals surface area (Å²) in [6.45, 7) is 10.8. The van der Waals surface area contributed by atoms with E-state index < -0.39 is 13.7 Å². The molecule has 0 unspecified atom stereocenters. The third-order valence-electron chi connectivity index (χ3n) is 17.2. The van der Waals surface area contributed by atoms with Crippen molar-refractivity contribution in [3.63, 3.8) is 0 Å². The van der Waals surface area contributed by atoms with Crippen LogP contribution in [0.1, 0.15) is 45.7 Å². The van der Waals surface area contributed by atoms with Gasteiger partial charge in [0.15, 0.2) is 5.42 Å². The molecule has 87 heavy (non-hydrogen) atoms. The van der Waals surface area contributed by atoms with Crippen LogP contribution >= 0.6 is 0 Å². The summed E-state index contributed by atoms with van der Waals surface area (Å²) in [5.41, 5.74) is 16.0. The van der Waals surface area contributed by atoms with Crippen molar-refractivity contribution in [2.75, 3.05) is 14.4 Å². The van der Waals surface area contributed by atoms with Crippen molar-refractivity contribution in [2.45, 2.75) is 61.9 Å². The van der Waals surface area contributed by atoms with Crippen molar-refractivity contribution in [3.8, 4) is 33.4 Å². The zero-order valence-corrected chi connectivity index (χ0v) is 50.8. The fourth-order valence-electron chi connectivity index (χ4n) is 13.2. The second-order valence-corrected chi connectivity index (χ2v) is 23.0. The lowest BCUT2D eigenvalue weighted by Crippen LogP contribution is -2.50. The normalized spacial score (nSPS) is 14.9. The largest absolute Gasteiger partial charge is 0.457 e. The van der Waals surface area contributed by atoms with Gasteiger partial charge in [0.25, 0.3) is 17.5 Å². The Balaban J connectivity index is 0.000000127. The van der Waals surface area contributed by atoms with E-state index in [1.165, 1.54) is 38.8 Å². The highest BCUT2D eigenvalue weighted by Gasteiger charge is 2.37. The molecule has 0 amide bonds. The first-order chi connectivity index (χ1) is 44.5. The van der Waals surface area contributed by atoms with Crippen LogP contribution in [-0.2, 0) is 21.1 Å². The van der Waals surface area contributed by atoms with Gasteiger partial charge in [-0.15, -0.1) is 0 Å². The summed E-state index contributed by atoms with van der Waals surface area (Å²) >= 11 is 0. The van der Waals surface area contributed by atoms with Crippen LogP contribution in [0.5, 0.6) is 0 Å². The molecular formula is C74H71B3N7O3+3. The molecule has 0 radical (unpaired) electrons. The number of para-hydroxylation sites is 2. The minimum Gasteiger partial charge on any atom is -0.457 e. The molecule has 0 atom stereocenters. The zero-order valence-electron chi connectivity index (χ0n) is 56.8. The topological polar surface area (TPSA) is 73.7 Å². The van der Waals surface area contributed by atoms with E-state index in [1.54, 1.807) is 18.6 Å². The molecule has 0 saturated carbocycles. The molecule has 0 spiro atoms. The van der Waals surface area contributed by atoms with E-state index in [9.17, 15) is 0 Å². The highest BCUT2D eigenvalue weighted by Crippen LogP contribution is 2.32. The van der Waals surface area contributed by atoms with Crippen molar-refractivity contribution in [1.29, 1.82) is 0 Å². The van der Waals surface area contributed by atoms with Crippen LogP contribution in [-0.4, -0.2) is 25.5 Å². The maximum Gasteiger partial charge on any atom is 0.405 e. The molecule has 0 aliphatic carbocycles. The molecule has 13 heteroatoms. The molecular weight excluding hydrogens is 1070 g/mol. The number of pyridine rings is 4. The predicted molar refractivity (Wildman–Crippen MR) is 360 cm³/mol. The Kier molecular flexibility index (Phi) is 13.0. The number of furan rings is 3. The van der Waals surface area contributed by atoms with Gasteiger partial charge in [-0.3, -0.25) is 14.4 Å². The highest BCUT2D eigenvalue weighted by atomic mass is 16.3. The molecule has 0 N–H and O–H groups in total. The Morgan fingerprint density at radius 2 is 0.839 bits per heavy atom. The molecule has 10 nitrogen and oxygen atoms in total. The number of aromatic nitrogens is 4. The molecule has 0 fully saturated rings. The summed E-state index contributed by atoms with van der Waals surface area (Å²) in [7, 11) is 5.92. The Morgan fingerprint density at radius 3 is 1.33 bits per heavy atom. The van der Waals surface area contributed by atoms with Gasteiger partial charge < -0.3 is 13.3 Å². The van der Waals surface area contributed by atoms with Gasteiger partial charge in [0.05, 0.1) is 61.6 Å². The first kappa shape index (κ1) is 49.4. The van der Waals surface area contributed by atoms with Gasteiger partial charge in [0.1, 0.15) is 27.7 Å². The molecule has 0 saturated heterocycles. The van der Waals surface area contributed by atoms with Gasteiger partial charge in [-0.1, -0.05) is 133 Å². The Morgan fingerprint density at radius 1 is 0.425 bits per heavy atom. The van der Waals surface area contributed by atoms with Crippen LogP contribution in [0.25, 0.3) is 101 Å². The lowest BCUT2D eigenvalue weighted by molar-refractivity contribution is -0.658. The molecule has 5 aromatic carbocycles. The number of benzene rings is 5. The summed E-state index contributed by atoms with van der Waals surface area (Å²) < 4.78 is 73.0. The van der Waals surface area contributed by atoms with Crippen molar-refractivity contribution in [2.24, 2.45) is 21.1 Å². The molecule has 0 bridgehead atoms. The van der Waals surface area contributed by atoms with Gasteiger partial charge in [-0.25, -0.2) is 18.7 Å². The first-order valence-corrected chi connectivity index (χ1v) is 29.6.